The van der Waals surface area contributed by atoms with Gasteiger partial charge in [0.15, 0.2) is 0 Å². The molecule has 1 amide bonds. The molecule has 5 rings (SSSR count). The van der Waals surface area contributed by atoms with Gasteiger partial charge in [0.05, 0.1) is 12.7 Å². The molecule has 0 radical (unpaired) electrons. The largest absolute Gasteiger partial charge is 0.385 e. The Balaban J connectivity index is 1.40. The van der Waals surface area contributed by atoms with Crippen molar-refractivity contribution in [3.63, 3.8) is 0 Å². The van der Waals surface area contributed by atoms with Crippen LogP contribution >= 0.6 is 0 Å². The minimum atomic E-state index is 0.0949. The summed E-state index contributed by atoms with van der Waals surface area (Å²) in [5, 5.41) is 17.5. The van der Waals surface area contributed by atoms with Gasteiger partial charge in [-0.05, 0) is 49.3 Å². The van der Waals surface area contributed by atoms with Crippen LogP contribution in [0.4, 0.5) is 0 Å². The third-order valence-corrected chi connectivity index (χ3v) is 7.95. The van der Waals surface area contributed by atoms with Gasteiger partial charge in [-0.2, -0.15) is 5.10 Å². The summed E-state index contributed by atoms with van der Waals surface area (Å²) in [5.74, 6) is 1.02. The van der Waals surface area contributed by atoms with Crippen LogP contribution in [0.25, 0.3) is 0 Å². The Morgan fingerprint density at radius 1 is 1.15 bits per heavy atom. The number of amides is 1. The van der Waals surface area contributed by atoms with Crippen molar-refractivity contribution in [1.82, 2.24) is 24.9 Å². The van der Waals surface area contributed by atoms with E-state index in [9.17, 15) is 10.2 Å². The maximum Gasteiger partial charge on any atom is 0.219 e. The van der Waals surface area contributed by atoms with E-state index in [1.54, 1.807) is 6.92 Å². The van der Waals surface area contributed by atoms with Gasteiger partial charge in [-0.15, -0.1) is 0 Å². The van der Waals surface area contributed by atoms with E-state index in [2.05, 4.69) is 33.7 Å². The lowest BCUT2D eigenvalue weighted by atomic mass is 9.84. The van der Waals surface area contributed by atoms with Crippen LogP contribution in [0, 0.1) is 5.41 Å². The summed E-state index contributed by atoms with van der Waals surface area (Å²) in [6.07, 6.45) is 18.8. The number of aromatic nitrogens is 2. The fourth-order valence-electron chi connectivity index (χ4n) is 6.00. The Labute approximate surface area is 203 Å². The summed E-state index contributed by atoms with van der Waals surface area (Å²) in [6, 6.07) is 0.501. The van der Waals surface area contributed by atoms with Crippen molar-refractivity contribution in [2.45, 2.75) is 76.7 Å². The van der Waals surface area contributed by atoms with Crippen LogP contribution in [-0.4, -0.2) is 57.0 Å². The van der Waals surface area contributed by atoms with Gasteiger partial charge in [0, 0.05) is 68.6 Å². The van der Waals surface area contributed by atoms with Gasteiger partial charge >= 0.3 is 0 Å². The minimum Gasteiger partial charge on any atom is -0.385 e. The average Bonchev–Trinajstić information content (AvgIpc) is 3.30. The Morgan fingerprint density at radius 3 is 2.71 bits per heavy atom. The van der Waals surface area contributed by atoms with E-state index in [-0.39, 0.29) is 5.91 Å². The first-order chi connectivity index (χ1) is 16.5. The van der Waals surface area contributed by atoms with Gasteiger partial charge in [0.1, 0.15) is 5.84 Å². The quantitative estimate of drug-likeness (QED) is 0.519. The Hall–Kier alpha value is -2.83. The molecule has 1 saturated carbocycles. The lowest BCUT2D eigenvalue weighted by Crippen LogP contribution is -2.45. The molecule has 0 spiro atoms. The maximum atomic E-state index is 12.2. The van der Waals surface area contributed by atoms with Gasteiger partial charge < -0.3 is 15.1 Å². The highest BCUT2D eigenvalue weighted by Crippen LogP contribution is 2.38. The highest BCUT2D eigenvalue weighted by Gasteiger charge is 2.32. The van der Waals surface area contributed by atoms with Gasteiger partial charge in [0.25, 0.3) is 0 Å². The number of allylic oxidation sites excluding steroid dienone is 3. The number of aryl methyl sites for hydroxylation is 1. The first kappa shape index (κ1) is 22.9. The highest BCUT2D eigenvalue weighted by atomic mass is 16.2. The molecule has 2 aliphatic heterocycles. The smallest absolute Gasteiger partial charge is 0.219 e. The first-order valence-electron chi connectivity index (χ1n) is 13.0. The molecule has 1 atom stereocenters. The zero-order chi connectivity index (χ0) is 23.7. The van der Waals surface area contributed by atoms with Crippen molar-refractivity contribution in [1.29, 1.82) is 5.41 Å². The molecule has 182 valence electrons. The van der Waals surface area contributed by atoms with Gasteiger partial charge in [-0.25, -0.2) is 0 Å². The fourth-order valence-corrected chi connectivity index (χ4v) is 6.00. The van der Waals surface area contributed by atoms with Crippen molar-refractivity contribution in [3.05, 3.63) is 52.6 Å². The lowest BCUT2D eigenvalue weighted by molar-refractivity contribution is -0.128. The average molecular weight is 463 g/mol. The van der Waals surface area contributed by atoms with Gasteiger partial charge in [-0.3, -0.25) is 14.9 Å². The lowest BCUT2D eigenvalue weighted by Gasteiger charge is -2.39. The molecular weight excluding hydrogens is 424 g/mol. The fraction of sp³-hybridized carbons (Fsp3) is 0.593. The topological polar surface area (TPSA) is 77.2 Å². The molecule has 7 nitrogen and oxygen atoms in total. The number of carbonyl (C=O) groups is 1. The van der Waals surface area contributed by atoms with Crippen LogP contribution in [0.1, 0.15) is 76.2 Å². The zero-order valence-electron chi connectivity index (χ0n) is 20.6. The molecule has 4 aliphatic rings. The first-order valence-corrected chi connectivity index (χ1v) is 13.0. The molecule has 1 unspecified atom stereocenters. The minimum absolute atomic E-state index is 0.0949. The molecule has 0 bridgehead atoms. The molecule has 1 aromatic rings. The van der Waals surface area contributed by atoms with E-state index in [4.69, 9.17) is 0 Å². The Kier molecular flexibility index (Phi) is 6.61. The standard InChI is InChI=1S/C27H38N6O/c1-19(34)32-14-12-25(30-23-8-4-3-5-9-23)24(18-32)27(28)33-13-6-7-21-15-20(10-11-26(21)33)22-16-29-31(2)17-22/h10-11,16-17,20,23,28,30H,3-9,12-15,18H2,1-2H3. The maximum absolute atomic E-state index is 12.2. The van der Waals surface area contributed by atoms with E-state index in [1.807, 2.05) is 22.8 Å². The van der Waals surface area contributed by atoms with Crippen molar-refractivity contribution in [2.24, 2.45) is 7.05 Å². The SMILES string of the molecule is CC(=O)N1CCC(NC2CCCCC2)=C(C(=N)N2CCCC3=C2C=CC(c2cnn(C)c2)C3)C1. The van der Waals surface area contributed by atoms with Crippen LogP contribution < -0.4 is 5.32 Å². The number of hydrogen-bond donors (Lipinski definition) is 2. The molecule has 0 aromatic carbocycles. The highest BCUT2D eigenvalue weighted by molar-refractivity contribution is 5.99. The van der Waals surface area contributed by atoms with Crippen LogP contribution in [0.5, 0.6) is 0 Å². The summed E-state index contributed by atoms with van der Waals surface area (Å²) >= 11 is 0. The summed E-state index contributed by atoms with van der Waals surface area (Å²) in [4.78, 5) is 16.3. The van der Waals surface area contributed by atoms with E-state index in [0.717, 1.165) is 44.3 Å². The summed E-state index contributed by atoms with van der Waals surface area (Å²) in [5.41, 5.74) is 6.08. The third-order valence-electron chi connectivity index (χ3n) is 7.95. The van der Waals surface area contributed by atoms with Crippen molar-refractivity contribution in [3.8, 4) is 0 Å². The molecule has 2 N–H and O–H groups in total. The molecule has 7 heteroatoms. The number of rotatable bonds is 4. The number of hydrogen-bond acceptors (Lipinski definition) is 4. The van der Waals surface area contributed by atoms with Crippen molar-refractivity contribution in [2.75, 3.05) is 19.6 Å². The number of amidine groups is 1. The predicted octanol–water partition coefficient (Wildman–Crippen LogP) is 4.22. The molecule has 1 aromatic heterocycles. The van der Waals surface area contributed by atoms with Crippen molar-refractivity contribution >= 4 is 11.7 Å². The number of nitrogens with zero attached hydrogens (tertiary/aromatic N) is 4. The summed E-state index contributed by atoms with van der Waals surface area (Å²) < 4.78 is 1.87. The number of nitrogens with one attached hydrogen (secondary N) is 2. The Morgan fingerprint density at radius 2 is 1.97 bits per heavy atom. The van der Waals surface area contributed by atoms with Crippen LogP contribution in [-0.2, 0) is 11.8 Å². The third kappa shape index (κ3) is 4.70. The zero-order valence-corrected chi connectivity index (χ0v) is 20.6. The summed E-state index contributed by atoms with van der Waals surface area (Å²) in [7, 11) is 1.96. The normalized spacial score (nSPS) is 23.9. The van der Waals surface area contributed by atoms with Crippen molar-refractivity contribution < 1.29 is 4.79 Å². The Bertz CT molecular complexity index is 1040. The van der Waals surface area contributed by atoms with E-state index in [1.165, 1.54) is 54.6 Å². The molecule has 2 aliphatic carbocycles. The molecule has 34 heavy (non-hydrogen) atoms. The second-order valence-electron chi connectivity index (χ2n) is 10.3. The molecule has 0 saturated heterocycles. The van der Waals surface area contributed by atoms with Crippen LogP contribution in [0.15, 0.2) is 47.1 Å². The van der Waals surface area contributed by atoms with Crippen LogP contribution in [0.2, 0.25) is 0 Å². The predicted molar refractivity (Wildman–Crippen MR) is 134 cm³/mol. The molecule has 1 fully saturated rings. The van der Waals surface area contributed by atoms with Gasteiger partial charge in [0.2, 0.25) is 5.91 Å². The monoisotopic (exact) mass is 462 g/mol. The van der Waals surface area contributed by atoms with E-state index in [0.29, 0.717) is 24.3 Å². The van der Waals surface area contributed by atoms with Gasteiger partial charge in [-0.1, -0.05) is 25.3 Å². The molecular formula is C27H38N6O. The number of carbonyl (C=O) groups excluding carboxylic acids is 1. The summed E-state index contributed by atoms with van der Waals surface area (Å²) in [6.45, 7) is 3.77. The van der Waals surface area contributed by atoms with E-state index >= 15 is 0 Å². The van der Waals surface area contributed by atoms with E-state index < -0.39 is 0 Å². The second kappa shape index (κ2) is 9.80. The van der Waals surface area contributed by atoms with Crippen LogP contribution in [0.3, 0.4) is 0 Å². The molecule has 3 heterocycles. The second-order valence-corrected chi connectivity index (χ2v) is 10.3.